The molecule has 96 valence electrons. The van der Waals surface area contributed by atoms with Gasteiger partial charge in [-0.3, -0.25) is 0 Å². The summed E-state index contributed by atoms with van der Waals surface area (Å²) in [5.74, 6) is 0. The molecule has 0 spiro atoms. The van der Waals surface area contributed by atoms with Crippen LogP contribution in [-0.4, -0.2) is 18.0 Å². The fourth-order valence-corrected chi connectivity index (χ4v) is 2.50. The van der Waals surface area contributed by atoms with Crippen LogP contribution in [0.4, 0.5) is 0 Å². The van der Waals surface area contributed by atoms with Crippen molar-refractivity contribution in [1.82, 2.24) is 9.55 Å². The van der Waals surface area contributed by atoms with E-state index in [-0.39, 0.29) is 4.90 Å². The molecule has 0 radical (unpaired) electrons. The molecule has 0 saturated heterocycles. The van der Waals surface area contributed by atoms with Crippen LogP contribution in [-0.2, 0) is 9.05 Å². The highest BCUT2D eigenvalue weighted by molar-refractivity contribution is 8.13. The van der Waals surface area contributed by atoms with E-state index in [4.69, 9.17) is 10.7 Å². The second-order valence-corrected chi connectivity index (χ2v) is 6.81. The summed E-state index contributed by atoms with van der Waals surface area (Å²) in [4.78, 5) is 4.21. The number of nitrogens with zero attached hydrogens (tertiary/aromatic N) is 2. The number of hydrogen-bond acceptors (Lipinski definition) is 3. The highest BCUT2D eigenvalue weighted by Crippen LogP contribution is 2.24. The lowest BCUT2D eigenvalue weighted by Crippen LogP contribution is -2.01. The number of halogens is 1. The van der Waals surface area contributed by atoms with Gasteiger partial charge in [0.05, 0.1) is 23.1 Å². The third kappa shape index (κ3) is 2.57. The molecular formula is C12H13ClN2O2S. The minimum Gasteiger partial charge on any atom is -0.328 e. The van der Waals surface area contributed by atoms with Gasteiger partial charge in [0.2, 0.25) is 0 Å². The van der Waals surface area contributed by atoms with Crippen molar-refractivity contribution < 1.29 is 8.42 Å². The fraction of sp³-hybridized carbons (Fsp3) is 0.250. The molecule has 0 aliphatic carbocycles. The lowest BCUT2D eigenvalue weighted by Gasteiger charge is -2.11. The van der Waals surface area contributed by atoms with Crippen LogP contribution in [0.25, 0.3) is 11.3 Å². The van der Waals surface area contributed by atoms with Crippen molar-refractivity contribution in [2.45, 2.75) is 24.8 Å². The van der Waals surface area contributed by atoms with Crippen LogP contribution < -0.4 is 0 Å². The van der Waals surface area contributed by atoms with E-state index >= 15 is 0 Å². The van der Waals surface area contributed by atoms with Crippen LogP contribution >= 0.6 is 10.7 Å². The largest absolute Gasteiger partial charge is 0.328 e. The van der Waals surface area contributed by atoms with Crippen molar-refractivity contribution in [3.63, 3.8) is 0 Å². The Balaban J connectivity index is 2.44. The Bertz CT molecular complexity index is 645. The minimum atomic E-state index is -3.67. The highest BCUT2D eigenvalue weighted by Gasteiger charge is 2.11. The van der Waals surface area contributed by atoms with Crippen molar-refractivity contribution in [3.8, 4) is 11.3 Å². The molecule has 0 unspecified atom stereocenters. The van der Waals surface area contributed by atoms with Gasteiger partial charge in [-0.25, -0.2) is 13.4 Å². The predicted octanol–water partition coefficient (Wildman–Crippen LogP) is 3.06. The second kappa shape index (κ2) is 4.74. The zero-order valence-electron chi connectivity index (χ0n) is 10.0. The molecule has 1 aromatic carbocycles. The first-order chi connectivity index (χ1) is 8.39. The van der Waals surface area contributed by atoms with E-state index in [1.54, 1.807) is 24.7 Å². The van der Waals surface area contributed by atoms with E-state index in [0.29, 0.717) is 6.04 Å². The van der Waals surface area contributed by atoms with Crippen LogP contribution in [0.5, 0.6) is 0 Å². The molecular weight excluding hydrogens is 272 g/mol. The van der Waals surface area contributed by atoms with Gasteiger partial charge in [-0.15, -0.1) is 0 Å². The third-order valence-electron chi connectivity index (χ3n) is 2.65. The fourth-order valence-electron chi connectivity index (χ4n) is 1.73. The monoisotopic (exact) mass is 284 g/mol. The zero-order valence-corrected chi connectivity index (χ0v) is 11.6. The van der Waals surface area contributed by atoms with E-state index in [0.717, 1.165) is 11.3 Å². The van der Waals surface area contributed by atoms with Gasteiger partial charge in [-0.05, 0) is 31.5 Å². The molecule has 0 aliphatic heterocycles. The highest BCUT2D eigenvalue weighted by atomic mass is 35.7. The first kappa shape index (κ1) is 13.1. The summed E-state index contributed by atoms with van der Waals surface area (Å²) in [7, 11) is 1.61. The molecule has 0 bridgehead atoms. The Labute approximate surface area is 111 Å². The first-order valence-corrected chi connectivity index (χ1v) is 7.77. The molecule has 2 rings (SSSR count). The predicted molar refractivity (Wildman–Crippen MR) is 71.1 cm³/mol. The Hall–Kier alpha value is -1.33. The average molecular weight is 285 g/mol. The minimum absolute atomic E-state index is 0.100. The molecule has 2 aromatic rings. The van der Waals surface area contributed by atoms with E-state index in [1.807, 2.05) is 4.57 Å². The summed E-state index contributed by atoms with van der Waals surface area (Å²) >= 11 is 0. The maximum atomic E-state index is 11.2. The normalized spacial score (nSPS) is 12.0. The zero-order chi connectivity index (χ0) is 13.3. The van der Waals surface area contributed by atoms with Gasteiger partial charge in [0.25, 0.3) is 9.05 Å². The topological polar surface area (TPSA) is 52.0 Å². The quantitative estimate of drug-likeness (QED) is 0.814. The Morgan fingerprint density at radius 2 is 1.83 bits per heavy atom. The smallest absolute Gasteiger partial charge is 0.261 e. The van der Waals surface area contributed by atoms with E-state index in [2.05, 4.69) is 18.8 Å². The Kier molecular flexibility index (Phi) is 3.45. The van der Waals surface area contributed by atoms with Crippen molar-refractivity contribution in [2.75, 3.05) is 0 Å². The summed E-state index contributed by atoms with van der Waals surface area (Å²) in [5, 5.41) is 0. The van der Waals surface area contributed by atoms with Crippen LogP contribution in [0.15, 0.2) is 41.7 Å². The van der Waals surface area contributed by atoms with Gasteiger partial charge in [0.1, 0.15) is 0 Å². The summed E-state index contributed by atoms with van der Waals surface area (Å²) < 4.78 is 24.3. The molecule has 1 heterocycles. The van der Waals surface area contributed by atoms with Crippen LogP contribution in [0.2, 0.25) is 0 Å². The molecule has 18 heavy (non-hydrogen) atoms. The molecule has 0 saturated carbocycles. The van der Waals surface area contributed by atoms with Crippen molar-refractivity contribution >= 4 is 19.7 Å². The molecule has 0 N–H and O–H groups in total. The lowest BCUT2D eigenvalue weighted by molar-refractivity contribution is 0.605. The number of benzene rings is 1. The van der Waals surface area contributed by atoms with Crippen molar-refractivity contribution in [2.24, 2.45) is 0 Å². The van der Waals surface area contributed by atoms with Gasteiger partial charge >= 0.3 is 0 Å². The molecule has 0 atom stereocenters. The van der Waals surface area contributed by atoms with Crippen LogP contribution in [0.3, 0.4) is 0 Å². The SMILES string of the molecule is CC(C)n1cncc1-c1ccc(S(=O)(=O)Cl)cc1. The first-order valence-electron chi connectivity index (χ1n) is 5.46. The van der Waals surface area contributed by atoms with Gasteiger partial charge < -0.3 is 4.57 Å². The number of rotatable bonds is 3. The summed E-state index contributed by atoms with van der Waals surface area (Å²) in [6, 6.07) is 6.74. The van der Waals surface area contributed by atoms with Crippen LogP contribution in [0, 0.1) is 0 Å². The van der Waals surface area contributed by atoms with Crippen molar-refractivity contribution in [1.29, 1.82) is 0 Å². The maximum Gasteiger partial charge on any atom is 0.261 e. The number of imidazole rings is 1. The van der Waals surface area contributed by atoms with Gasteiger partial charge in [-0.2, -0.15) is 0 Å². The number of aromatic nitrogens is 2. The third-order valence-corrected chi connectivity index (χ3v) is 4.02. The molecule has 0 amide bonds. The number of hydrogen-bond donors (Lipinski definition) is 0. The summed E-state index contributed by atoms with van der Waals surface area (Å²) in [5.41, 5.74) is 1.86. The molecule has 1 aromatic heterocycles. The van der Waals surface area contributed by atoms with E-state index < -0.39 is 9.05 Å². The lowest BCUT2D eigenvalue weighted by atomic mass is 10.1. The Morgan fingerprint density at radius 1 is 1.22 bits per heavy atom. The molecule has 4 nitrogen and oxygen atoms in total. The van der Waals surface area contributed by atoms with Crippen molar-refractivity contribution in [3.05, 3.63) is 36.8 Å². The maximum absolute atomic E-state index is 11.2. The average Bonchev–Trinajstić information content (AvgIpc) is 2.77. The summed E-state index contributed by atoms with van der Waals surface area (Å²) in [6.45, 7) is 4.12. The second-order valence-electron chi connectivity index (χ2n) is 4.24. The standard InChI is InChI=1S/C12H13ClN2O2S/c1-9(2)15-8-14-7-12(15)10-3-5-11(6-4-10)18(13,16)17/h3-9H,1-2H3. The molecule has 0 aliphatic rings. The van der Waals surface area contributed by atoms with E-state index in [9.17, 15) is 8.42 Å². The molecule has 0 fully saturated rings. The molecule has 6 heteroatoms. The van der Waals surface area contributed by atoms with Gasteiger partial charge in [-0.1, -0.05) is 12.1 Å². The van der Waals surface area contributed by atoms with Gasteiger partial charge in [0.15, 0.2) is 0 Å². The van der Waals surface area contributed by atoms with Crippen LogP contribution in [0.1, 0.15) is 19.9 Å². The summed E-state index contributed by atoms with van der Waals surface area (Å²) in [6.07, 6.45) is 3.51. The van der Waals surface area contributed by atoms with E-state index in [1.165, 1.54) is 12.1 Å². The Morgan fingerprint density at radius 3 is 2.33 bits per heavy atom. The van der Waals surface area contributed by atoms with Gasteiger partial charge in [0, 0.05) is 16.7 Å².